The molecule has 4 nitrogen and oxygen atoms in total. The van der Waals surface area contributed by atoms with E-state index in [0.29, 0.717) is 12.5 Å². The highest BCUT2D eigenvalue weighted by Crippen LogP contribution is 2.23. The van der Waals surface area contributed by atoms with Crippen molar-refractivity contribution in [3.63, 3.8) is 0 Å². The molecule has 1 amide bonds. The van der Waals surface area contributed by atoms with Crippen LogP contribution in [0.25, 0.3) is 0 Å². The molecule has 1 aromatic carbocycles. The summed E-state index contributed by atoms with van der Waals surface area (Å²) in [5.74, 6) is 0.433. The Hall–Kier alpha value is -1.55. The van der Waals surface area contributed by atoms with Crippen molar-refractivity contribution in [3.8, 4) is 0 Å². The number of nitrogens with one attached hydrogen (secondary N) is 2. The maximum Gasteiger partial charge on any atom is 0.253 e. The number of hydrogen-bond acceptors (Lipinski definition) is 3. The third-order valence-electron chi connectivity index (χ3n) is 4.06. The summed E-state index contributed by atoms with van der Waals surface area (Å²) in [5.41, 5.74) is 2.72. The minimum Gasteiger partial charge on any atom is -0.385 e. The van der Waals surface area contributed by atoms with Gasteiger partial charge in [0.1, 0.15) is 0 Å². The van der Waals surface area contributed by atoms with Crippen molar-refractivity contribution >= 4 is 11.6 Å². The molecule has 0 bridgehead atoms. The van der Waals surface area contributed by atoms with E-state index in [2.05, 4.69) is 17.6 Å². The molecule has 1 heterocycles. The minimum atomic E-state index is -0.00333. The van der Waals surface area contributed by atoms with Crippen LogP contribution in [-0.4, -0.2) is 31.7 Å². The fraction of sp³-hybridized carbons (Fsp3) is 0.588. The van der Waals surface area contributed by atoms with E-state index in [-0.39, 0.29) is 12.0 Å². The molecule has 2 unspecified atom stereocenters. The number of anilines is 1. The highest BCUT2D eigenvalue weighted by molar-refractivity contribution is 5.99. The molecule has 2 rings (SSSR count). The molecule has 0 spiro atoms. The van der Waals surface area contributed by atoms with Crippen molar-refractivity contribution in [1.29, 1.82) is 0 Å². The number of amides is 1. The minimum absolute atomic E-state index is 0.00333. The standard InChI is InChI=1S/C17H26N2O2/c1-4-16-13(8-9-21-16)11-19-17(20)14-10-12(3)6-7-15(14)18-5-2/h6-7,10,13,16,18H,4-5,8-9,11H2,1-3H3,(H,19,20). The first-order chi connectivity index (χ1) is 10.2. The maximum absolute atomic E-state index is 12.5. The molecule has 1 saturated heterocycles. The zero-order valence-electron chi connectivity index (χ0n) is 13.2. The fourth-order valence-electron chi connectivity index (χ4n) is 2.89. The number of rotatable bonds is 6. The van der Waals surface area contributed by atoms with E-state index < -0.39 is 0 Å². The van der Waals surface area contributed by atoms with Gasteiger partial charge in [-0.05, 0) is 38.8 Å². The first kappa shape index (κ1) is 15.8. The molecular formula is C17H26N2O2. The van der Waals surface area contributed by atoms with Gasteiger partial charge in [0.2, 0.25) is 0 Å². The number of carbonyl (C=O) groups is 1. The summed E-state index contributed by atoms with van der Waals surface area (Å²) >= 11 is 0. The number of aryl methyl sites for hydroxylation is 1. The number of carbonyl (C=O) groups excluding carboxylic acids is 1. The fourth-order valence-corrected chi connectivity index (χ4v) is 2.89. The normalized spacial score (nSPS) is 21.3. The quantitative estimate of drug-likeness (QED) is 0.847. The van der Waals surface area contributed by atoms with Crippen molar-refractivity contribution in [2.45, 2.75) is 39.7 Å². The van der Waals surface area contributed by atoms with Gasteiger partial charge in [0.15, 0.2) is 0 Å². The van der Waals surface area contributed by atoms with Crippen molar-refractivity contribution in [2.75, 3.05) is 25.0 Å². The van der Waals surface area contributed by atoms with E-state index in [4.69, 9.17) is 4.74 Å². The van der Waals surface area contributed by atoms with Crippen LogP contribution in [0.4, 0.5) is 5.69 Å². The lowest BCUT2D eigenvalue weighted by molar-refractivity contribution is 0.0827. The largest absolute Gasteiger partial charge is 0.385 e. The number of hydrogen-bond donors (Lipinski definition) is 2. The average molecular weight is 290 g/mol. The zero-order valence-corrected chi connectivity index (χ0v) is 13.2. The van der Waals surface area contributed by atoms with E-state index in [0.717, 1.165) is 42.8 Å². The second kappa shape index (κ2) is 7.46. The highest BCUT2D eigenvalue weighted by Gasteiger charge is 2.27. The van der Waals surface area contributed by atoms with E-state index in [1.807, 2.05) is 32.0 Å². The maximum atomic E-state index is 12.5. The summed E-state index contributed by atoms with van der Waals surface area (Å²) in [4.78, 5) is 12.5. The summed E-state index contributed by atoms with van der Waals surface area (Å²) in [6.45, 7) is 8.48. The van der Waals surface area contributed by atoms with Crippen molar-refractivity contribution < 1.29 is 9.53 Å². The molecule has 116 valence electrons. The highest BCUT2D eigenvalue weighted by atomic mass is 16.5. The van der Waals surface area contributed by atoms with E-state index in [9.17, 15) is 4.79 Å². The van der Waals surface area contributed by atoms with Crippen LogP contribution >= 0.6 is 0 Å². The third kappa shape index (κ3) is 3.97. The summed E-state index contributed by atoms with van der Waals surface area (Å²) in [6.07, 6.45) is 2.33. The van der Waals surface area contributed by atoms with Crippen LogP contribution in [0.1, 0.15) is 42.6 Å². The SMILES string of the molecule is CCNc1ccc(C)cc1C(=O)NCC1CCOC1CC. The van der Waals surface area contributed by atoms with E-state index >= 15 is 0 Å². The second-order valence-corrected chi connectivity index (χ2v) is 5.66. The molecule has 0 radical (unpaired) electrons. The van der Waals surface area contributed by atoms with Gasteiger partial charge in [0.25, 0.3) is 5.91 Å². The summed E-state index contributed by atoms with van der Waals surface area (Å²) in [5, 5.41) is 6.32. The molecule has 4 heteroatoms. The molecule has 1 aromatic rings. The lowest BCUT2D eigenvalue weighted by atomic mass is 9.99. The molecule has 0 aliphatic carbocycles. The van der Waals surface area contributed by atoms with Crippen LogP contribution in [0, 0.1) is 12.8 Å². The molecular weight excluding hydrogens is 264 g/mol. The Balaban J connectivity index is 2.01. The van der Waals surface area contributed by atoms with Crippen molar-refractivity contribution in [3.05, 3.63) is 29.3 Å². The molecule has 2 atom stereocenters. The predicted octanol–water partition coefficient (Wildman–Crippen LogP) is 2.97. The van der Waals surface area contributed by atoms with Crippen LogP contribution in [0.3, 0.4) is 0 Å². The molecule has 0 saturated carbocycles. The molecule has 1 fully saturated rings. The smallest absolute Gasteiger partial charge is 0.253 e. The van der Waals surface area contributed by atoms with Gasteiger partial charge in [0.05, 0.1) is 11.7 Å². The van der Waals surface area contributed by atoms with Gasteiger partial charge in [-0.3, -0.25) is 4.79 Å². The van der Waals surface area contributed by atoms with Gasteiger partial charge in [-0.1, -0.05) is 18.6 Å². The van der Waals surface area contributed by atoms with E-state index in [1.165, 1.54) is 0 Å². The Labute approximate surface area is 127 Å². The van der Waals surface area contributed by atoms with Crippen molar-refractivity contribution in [2.24, 2.45) is 5.92 Å². The monoisotopic (exact) mass is 290 g/mol. The molecule has 1 aliphatic heterocycles. The molecule has 1 aliphatic rings. The zero-order chi connectivity index (χ0) is 15.2. The van der Waals surface area contributed by atoms with Crippen LogP contribution in [-0.2, 0) is 4.74 Å². The van der Waals surface area contributed by atoms with Crippen molar-refractivity contribution in [1.82, 2.24) is 5.32 Å². The Kier molecular flexibility index (Phi) is 5.62. The van der Waals surface area contributed by atoms with Gasteiger partial charge >= 0.3 is 0 Å². The Morgan fingerprint density at radius 2 is 2.19 bits per heavy atom. The molecule has 2 N–H and O–H groups in total. The summed E-state index contributed by atoms with van der Waals surface area (Å²) in [7, 11) is 0. The average Bonchev–Trinajstić information content (AvgIpc) is 2.94. The predicted molar refractivity (Wildman–Crippen MR) is 85.8 cm³/mol. The van der Waals surface area contributed by atoms with Gasteiger partial charge < -0.3 is 15.4 Å². The molecule has 0 aromatic heterocycles. The lowest BCUT2D eigenvalue weighted by Gasteiger charge is -2.18. The first-order valence-corrected chi connectivity index (χ1v) is 7.90. The van der Waals surface area contributed by atoms with Gasteiger partial charge in [-0.2, -0.15) is 0 Å². The van der Waals surface area contributed by atoms with Crippen LogP contribution in [0.5, 0.6) is 0 Å². The Bertz CT molecular complexity index is 488. The molecule has 21 heavy (non-hydrogen) atoms. The first-order valence-electron chi connectivity index (χ1n) is 7.90. The number of ether oxygens (including phenoxy) is 1. The summed E-state index contributed by atoms with van der Waals surface area (Å²) in [6, 6.07) is 5.93. The number of benzene rings is 1. The summed E-state index contributed by atoms with van der Waals surface area (Å²) < 4.78 is 5.67. The Morgan fingerprint density at radius 3 is 2.90 bits per heavy atom. The van der Waals surface area contributed by atoms with Crippen LogP contribution < -0.4 is 10.6 Å². The van der Waals surface area contributed by atoms with Gasteiger partial charge in [-0.15, -0.1) is 0 Å². The lowest BCUT2D eigenvalue weighted by Crippen LogP contribution is -2.33. The van der Waals surface area contributed by atoms with Gasteiger partial charge in [0, 0.05) is 31.3 Å². The Morgan fingerprint density at radius 1 is 1.38 bits per heavy atom. The topological polar surface area (TPSA) is 50.4 Å². The second-order valence-electron chi connectivity index (χ2n) is 5.66. The van der Waals surface area contributed by atoms with Gasteiger partial charge in [-0.25, -0.2) is 0 Å². The third-order valence-corrected chi connectivity index (χ3v) is 4.06. The van der Waals surface area contributed by atoms with E-state index in [1.54, 1.807) is 0 Å². The van der Waals surface area contributed by atoms with Crippen LogP contribution in [0.2, 0.25) is 0 Å². The van der Waals surface area contributed by atoms with Crippen LogP contribution in [0.15, 0.2) is 18.2 Å².